The van der Waals surface area contributed by atoms with Gasteiger partial charge in [0.2, 0.25) is 11.8 Å². The molecule has 3 atom stereocenters. The SMILES string of the molecule is COc1ccc(OC)c(NC(=O)C(Sc2ccc(NC(=O)C3CC=CCC3C(=O)O)cc2)c2ccccc2)c1. The Balaban J connectivity index is 1.50. The fourth-order valence-corrected chi connectivity index (χ4v) is 5.40. The number of hydrogen-bond donors (Lipinski definition) is 3. The zero-order valence-corrected chi connectivity index (χ0v) is 22.4. The van der Waals surface area contributed by atoms with Gasteiger partial charge in [-0.15, -0.1) is 11.8 Å². The van der Waals surface area contributed by atoms with E-state index in [1.165, 1.54) is 18.9 Å². The summed E-state index contributed by atoms with van der Waals surface area (Å²) in [6, 6.07) is 21.8. The second-order valence-electron chi connectivity index (χ2n) is 8.97. The van der Waals surface area contributed by atoms with Crippen LogP contribution in [0.25, 0.3) is 0 Å². The first kappa shape index (κ1) is 27.8. The number of allylic oxidation sites excluding steroid dienone is 2. The molecule has 1 aliphatic rings. The van der Waals surface area contributed by atoms with Crippen LogP contribution in [-0.2, 0) is 14.4 Å². The van der Waals surface area contributed by atoms with Crippen LogP contribution in [0.1, 0.15) is 23.7 Å². The maximum atomic E-state index is 13.5. The van der Waals surface area contributed by atoms with Gasteiger partial charge in [0.15, 0.2) is 0 Å². The Labute approximate surface area is 231 Å². The highest BCUT2D eigenvalue weighted by atomic mass is 32.2. The van der Waals surface area contributed by atoms with Crippen LogP contribution in [0.15, 0.2) is 89.8 Å². The topological polar surface area (TPSA) is 114 Å². The summed E-state index contributed by atoms with van der Waals surface area (Å²) in [5, 5.41) is 14.7. The normalized spacial score (nSPS) is 17.1. The maximum absolute atomic E-state index is 13.5. The number of methoxy groups -OCH3 is 2. The molecule has 3 aromatic carbocycles. The van der Waals surface area contributed by atoms with Gasteiger partial charge in [0, 0.05) is 16.6 Å². The minimum Gasteiger partial charge on any atom is -0.497 e. The first-order chi connectivity index (χ1) is 18.9. The van der Waals surface area contributed by atoms with Gasteiger partial charge >= 0.3 is 5.97 Å². The van der Waals surface area contributed by atoms with Gasteiger partial charge in [0.25, 0.3) is 0 Å². The number of amides is 2. The number of carboxylic acids is 1. The first-order valence-corrected chi connectivity index (χ1v) is 13.3. The number of aliphatic carboxylic acids is 1. The molecule has 8 nitrogen and oxygen atoms in total. The predicted octanol–water partition coefficient (Wildman–Crippen LogP) is 5.78. The second kappa shape index (κ2) is 13.0. The van der Waals surface area contributed by atoms with Crippen molar-refractivity contribution in [3.63, 3.8) is 0 Å². The Morgan fingerprint density at radius 3 is 2.21 bits per heavy atom. The Hall–Kier alpha value is -4.24. The smallest absolute Gasteiger partial charge is 0.307 e. The lowest BCUT2D eigenvalue weighted by Crippen LogP contribution is -2.34. The molecule has 1 aliphatic carbocycles. The van der Waals surface area contributed by atoms with Gasteiger partial charge in [0.05, 0.1) is 31.7 Å². The van der Waals surface area contributed by atoms with Gasteiger partial charge < -0.3 is 25.2 Å². The van der Waals surface area contributed by atoms with Crippen molar-refractivity contribution in [1.29, 1.82) is 0 Å². The quantitative estimate of drug-likeness (QED) is 0.218. The Morgan fingerprint density at radius 1 is 0.872 bits per heavy atom. The summed E-state index contributed by atoms with van der Waals surface area (Å²) < 4.78 is 10.7. The van der Waals surface area contributed by atoms with Crippen LogP contribution in [0.5, 0.6) is 11.5 Å². The van der Waals surface area contributed by atoms with Gasteiger partial charge in [-0.1, -0.05) is 42.5 Å². The number of carboxylic acid groups (broad SMARTS) is 1. The van der Waals surface area contributed by atoms with Crippen molar-refractivity contribution in [3.05, 3.63) is 90.5 Å². The van der Waals surface area contributed by atoms with Gasteiger partial charge in [-0.25, -0.2) is 0 Å². The minimum absolute atomic E-state index is 0.236. The molecule has 0 heterocycles. The van der Waals surface area contributed by atoms with Gasteiger partial charge in [-0.3, -0.25) is 14.4 Å². The largest absolute Gasteiger partial charge is 0.497 e. The lowest BCUT2D eigenvalue weighted by Gasteiger charge is -2.24. The van der Waals surface area contributed by atoms with Crippen LogP contribution in [0, 0.1) is 11.8 Å². The molecule has 3 unspecified atom stereocenters. The van der Waals surface area contributed by atoms with E-state index in [2.05, 4.69) is 10.6 Å². The third kappa shape index (κ3) is 7.00. The lowest BCUT2D eigenvalue weighted by atomic mass is 9.82. The Kier molecular flexibility index (Phi) is 9.27. The average molecular weight is 547 g/mol. The number of carbonyl (C=O) groups is 3. The third-order valence-electron chi connectivity index (χ3n) is 6.47. The van der Waals surface area contributed by atoms with E-state index < -0.39 is 23.1 Å². The minimum atomic E-state index is -0.969. The molecule has 9 heteroatoms. The fraction of sp³-hybridized carbons (Fsp3) is 0.233. The molecule has 0 saturated carbocycles. The van der Waals surface area contributed by atoms with E-state index in [4.69, 9.17) is 9.47 Å². The summed E-state index contributed by atoms with van der Waals surface area (Å²) in [7, 11) is 3.09. The van der Waals surface area contributed by atoms with Crippen LogP contribution < -0.4 is 20.1 Å². The molecular weight excluding hydrogens is 516 g/mol. The van der Waals surface area contributed by atoms with E-state index >= 15 is 0 Å². The number of benzene rings is 3. The fourth-order valence-electron chi connectivity index (χ4n) is 4.38. The number of ether oxygens (including phenoxy) is 2. The molecular formula is C30H30N2O6S. The number of nitrogens with one attached hydrogen (secondary N) is 2. The highest BCUT2D eigenvalue weighted by molar-refractivity contribution is 8.00. The monoisotopic (exact) mass is 546 g/mol. The number of hydrogen-bond acceptors (Lipinski definition) is 6. The summed E-state index contributed by atoms with van der Waals surface area (Å²) in [5.41, 5.74) is 1.88. The standard InChI is InChI=1S/C30H30N2O6S/c1-37-21-14-17-26(38-2)25(18-21)32-29(34)27(19-8-4-3-5-9-19)39-22-15-12-20(13-16-22)31-28(33)23-10-6-7-11-24(23)30(35)36/h3-9,12-18,23-24,27H,10-11H2,1-2H3,(H,31,33)(H,32,34)(H,35,36). The van der Waals surface area contributed by atoms with Crippen LogP contribution in [0.3, 0.4) is 0 Å². The first-order valence-electron chi connectivity index (χ1n) is 12.4. The summed E-state index contributed by atoms with van der Waals surface area (Å²) in [6.07, 6.45) is 4.38. The van der Waals surface area contributed by atoms with Crippen LogP contribution in [0.2, 0.25) is 0 Å². The zero-order chi connectivity index (χ0) is 27.8. The number of carbonyl (C=O) groups excluding carboxylic acids is 2. The van der Waals surface area contributed by atoms with Crippen LogP contribution in [-0.4, -0.2) is 37.1 Å². The van der Waals surface area contributed by atoms with Crippen molar-refractivity contribution in [1.82, 2.24) is 0 Å². The molecule has 0 bridgehead atoms. The van der Waals surface area contributed by atoms with Crippen LogP contribution >= 0.6 is 11.8 Å². The van der Waals surface area contributed by atoms with Gasteiger partial charge in [-0.2, -0.15) is 0 Å². The molecule has 3 N–H and O–H groups in total. The third-order valence-corrected chi connectivity index (χ3v) is 7.73. The molecule has 0 radical (unpaired) electrons. The molecule has 39 heavy (non-hydrogen) atoms. The van der Waals surface area contributed by atoms with Gasteiger partial charge in [0.1, 0.15) is 16.7 Å². The lowest BCUT2D eigenvalue weighted by molar-refractivity contribution is -0.146. The molecule has 0 aliphatic heterocycles. The molecule has 3 aromatic rings. The highest BCUT2D eigenvalue weighted by Gasteiger charge is 2.34. The summed E-state index contributed by atoms with van der Waals surface area (Å²) in [6.45, 7) is 0. The highest BCUT2D eigenvalue weighted by Crippen LogP contribution is 2.38. The predicted molar refractivity (Wildman–Crippen MR) is 151 cm³/mol. The number of anilines is 2. The summed E-state index contributed by atoms with van der Waals surface area (Å²) in [4.78, 5) is 38.7. The molecule has 0 saturated heterocycles. The number of rotatable bonds is 10. The molecule has 0 spiro atoms. The summed E-state index contributed by atoms with van der Waals surface area (Å²) in [5.74, 6) is -1.78. The zero-order valence-electron chi connectivity index (χ0n) is 21.6. The van der Waals surface area contributed by atoms with Crippen LogP contribution in [0.4, 0.5) is 11.4 Å². The van der Waals surface area contributed by atoms with E-state index in [1.807, 2.05) is 48.5 Å². The molecule has 0 fully saturated rings. The average Bonchev–Trinajstić information content (AvgIpc) is 2.97. The van der Waals surface area contributed by atoms with Crippen molar-refractivity contribution in [2.24, 2.45) is 11.8 Å². The molecule has 4 rings (SSSR count). The van der Waals surface area contributed by atoms with Crippen molar-refractivity contribution in [3.8, 4) is 11.5 Å². The van der Waals surface area contributed by atoms with Crippen molar-refractivity contribution in [2.45, 2.75) is 23.0 Å². The van der Waals surface area contributed by atoms with Crippen molar-refractivity contribution < 1.29 is 29.0 Å². The van der Waals surface area contributed by atoms with E-state index in [-0.39, 0.29) is 11.8 Å². The van der Waals surface area contributed by atoms with E-state index in [1.54, 1.807) is 43.5 Å². The van der Waals surface area contributed by atoms with Gasteiger partial charge in [-0.05, 0) is 54.8 Å². The number of thioether (sulfide) groups is 1. The summed E-state index contributed by atoms with van der Waals surface area (Å²) >= 11 is 1.37. The molecule has 2 amide bonds. The molecule has 0 aromatic heterocycles. The maximum Gasteiger partial charge on any atom is 0.307 e. The Morgan fingerprint density at radius 2 is 1.56 bits per heavy atom. The van der Waals surface area contributed by atoms with E-state index in [9.17, 15) is 19.5 Å². The van der Waals surface area contributed by atoms with E-state index in [0.717, 1.165) is 10.5 Å². The van der Waals surface area contributed by atoms with Crippen molar-refractivity contribution >= 4 is 40.9 Å². The second-order valence-corrected chi connectivity index (χ2v) is 10.2. The van der Waals surface area contributed by atoms with Crippen molar-refractivity contribution in [2.75, 3.05) is 24.9 Å². The van der Waals surface area contributed by atoms with E-state index in [0.29, 0.717) is 35.7 Å². The Bertz CT molecular complexity index is 1340. The molecule has 202 valence electrons.